The number of pyridine rings is 1. The number of hydrogen-bond donors (Lipinski definition) is 2. The van der Waals surface area contributed by atoms with Crippen LogP contribution in [0, 0.1) is 12.8 Å². The van der Waals surface area contributed by atoms with Gasteiger partial charge in [0.1, 0.15) is 5.82 Å². The third-order valence-electron chi connectivity index (χ3n) is 3.63. The number of nitrogens with one attached hydrogen (secondary N) is 1. The van der Waals surface area contributed by atoms with Gasteiger partial charge in [0.15, 0.2) is 0 Å². The monoisotopic (exact) mass is 219 g/mol. The SMILES string of the molecule is Cc1cc(NC(C)C2CCCC2)ncc1N. The first-order chi connectivity index (χ1) is 7.66. The maximum Gasteiger partial charge on any atom is 0.126 e. The molecule has 0 bridgehead atoms. The Bertz CT molecular complexity index is 356. The second kappa shape index (κ2) is 4.73. The van der Waals surface area contributed by atoms with Crippen LogP contribution in [0.15, 0.2) is 12.3 Å². The summed E-state index contributed by atoms with van der Waals surface area (Å²) in [5.74, 6) is 1.76. The van der Waals surface area contributed by atoms with Gasteiger partial charge in [0.2, 0.25) is 0 Å². The van der Waals surface area contributed by atoms with Gasteiger partial charge in [-0.1, -0.05) is 12.8 Å². The molecule has 3 N–H and O–H groups in total. The second-order valence-electron chi connectivity index (χ2n) is 4.90. The number of nitrogen functional groups attached to an aromatic ring is 1. The Morgan fingerprint density at radius 2 is 2.12 bits per heavy atom. The number of anilines is 2. The Kier molecular flexibility index (Phi) is 3.32. The van der Waals surface area contributed by atoms with Gasteiger partial charge in [-0.2, -0.15) is 0 Å². The fourth-order valence-corrected chi connectivity index (χ4v) is 2.45. The summed E-state index contributed by atoms with van der Waals surface area (Å²) in [6.45, 7) is 4.27. The topological polar surface area (TPSA) is 50.9 Å². The van der Waals surface area contributed by atoms with Crippen molar-refractivity contribution in [2.75, 3.05) is 11.1 Å². The first-order valence-electron chi connectivity index (χ1n) is 6.15. The molecule has 0 aromatic carbocycles. The lowest BCUT2D eigenvalue weighted by atomic mass is 10.00. The van der Waals surface area contributed by atoms with Crippen molar-refractivity contribution in [2.24, 2.45) is 5.92 Å². The highest BCUT2D eigenvalue weighted by Crippen LogP contribution is 2.29. The van der Waals surface area contributed by atoms with Gasteiger partial charge in [-0.25, -0.2) is 4.98 Å². The highest BCUT2D eigenvalue weighted by atomic mass is 15.0. The molecule has 1 aliphatic carbocycles. The van der Waals surface area contributed by atoms with Gasteiger partial charge >= 0.3 is 0 Å². The van der Waals surface area contributed by atoms with E-state index in [-0.39, 0.29) is 0 Å². The van der Waals surface area contributed by atoms with E-state index in [0.29, 0.717) is 6.04 Å². The maximum atomic E-state index is 5.75. The van der Waals surface area contributed by atoms with Crippen LogP contribution in [-0.4, -0.2) is 11.0 Å². The third-order valence-corrected chi connectivity index (χ3v) is 3.63. The molecule has 1 aliphatic rings. The van der Waals surface area contributed by atoms with Crippen LogP contribution in [0.2, 0.25) is 0 Å². The molecule has 2 rings (SSSR count). The van der Waals surface area contributed by atoms with Crippen LogP contribution in [0.3, 0.4) is 0 Å². The molecule has 0 radical (unpaired) electrons. The fourth-order valence-electron chi connectivity index (χ4n) is 2.45. The highest BCUT2D eigenvalue weighted by molar-refractivity contribution is 5.51. The van der Waals surface area contributed by atoms with Crippen LogP contribution in [0.25, 0.3) is 0 Å². The van der Waals surface area contributed by atoms with E-state index in [0.717, 1.165) is 23.0 Å². The first-order valence-corrected chi connectivity index (χ1v) is 6.15. The Labute approximate surface area is 97.5 Å². The molecule has 1 saturated carbocycles. The minimum Gasteiger partial charge on any atom is -0.397 e. The molecule has 1 aromatic rings. The van der Waals surface area contributed by atoms with E-state index in [1.54, 1.807) is 6.20 Å². The van der Waals surface area contributed by atoms with E-state index in [1.807, 2.05) is 13.0 Å². The zero-order chi connectivity index (χ0) is 11.5. The molecule has 1 aromatic heterocycles. The summed E-state index contributed by atoms with van der Waals surface area (Å²) in [7, 11) is 0. The Morgan fingerprint density at radius 1 is 1.44 bits per heavy atom. The molecule has 0 saturated heterocycles. The second-order valence-corrected chi connectivity index (χ2v) is 4.90. The lowest BCUT2D eigenvalue weighted by Gasteiger charge is -2.21. The van der Waals surface area contributed by atoms with Gasteiger partial charge in [-0.05, 0) is 44.2 Å². The van der Waals surface area contributed by atoms with Crippen molar-refractivity contribution in [1.29, 1.82) is 0 Å². The predicted octanol–water partition coefficient (Wildman–Crippen LogP) is 2.96. The van der Waals surface area contributed by atoms with Crippen molar-refractivity contribution in [3.05, 3.63) is 17.8 Å². The van der Waals surface area contributed by atoms with E-state index in [4.69, 9.17) is 5.73 Å². The Morgan fingerprint density at radius 3 is 2.75 bits per heavy atom. The molecule has 16 heavy (non-hydrogen) atoms. The summed E-state index contributed by atoms with van der Waals surface area (Å²) in [4.78, 5) is 4.31. The quantitative estimate of drug-likeness (QED) is 0.821. The Hall–Kier alpha value is -1.25. The summed E-state index contributed by atoms with van der Waals surface area (Å²) < 4.78 is 0. The molecule has 1 unspecified atom stereocenters. The summed E-state index contributed by atoms with van der Waals surface area (Å²) in [5.41, 5.74) is 7.61. The summed E-state index contributed by atoms with van der Waals surface area (Å²) in [6, 6.07) is 2.54. The minimum atomic E-state index is 0.512. The van der Waals surface area contributed by atoms with Crippen LogP contribution in [-0.2, 0) is 0 Å². The maximum absolute atomic E-state index is 5.75. The number of aromatic nitrogens is 1. The average molecular weight is 219 g/mol. The molecule has 1 heterocycles. The predicted molar refractivity (Wildman–Crippen MR) is 68.4 cm³/mol. The average Bonchev–Trinajstić information content (AvgIpc) is 2.77. The largest absolute Gasteiger partial charge is 0.397 e. The van der Waals surface area contributed by atoms with E-state index >= 15 is 0 Å². The molecule has 0 spiro atoms. The molecular weight excluding hydrogens is 198 g/mol. The van der Waals surface area contributed by atoms with Crippen LogP contribution < -0.4 is 11.1 Å². The van der Waals surface area contributed by atoms with Gasteiger partial charge in [-0.15, -0.1) is 0 Å². The smallest absolute Gasteiger partial charge is 0.126 e. The molecule has 0 amide bonds. The number of nitrogens with two attached hydrogens (primary N) is 1. The van der Waals surface area contributed by atoms with E-state index in [2.05, 4.69) is 17.2 Å². The molecule has 88 valence electrons. The first kappa shape index (κ1) is 11.2. The normalized spacial score (nSPS) is 18.6. The standard InChI is InChI=1S/C13H21N3/c1-9-7-13(15-8-12(9)14)16-10(2)11-5-3-4-6-11/h7-8,10-11H,3-6,14H2,1-2H3,(H,15,16). The van der Waals surface area contributed by atoms with Crippen molar-refractivity contribution in [3.8, 4) is 0 Å². The number of hydrogen-bond acceptors (Lipinski definition) is 3. The number of rotatable bonds is 3. The summed E-state index contributed by atoms with van der Waals surface area (Å²) in [6.07, 6.45) is 7.19. The summed E-state index contributed by atoms with van der Waals surface area (Å²) >= 11 is 0. The van der Waals surface area contributed by atoms with Crippen molar-refractivity contribution >= 4 is 11.5 Å². The van der Waals surface area contributed by atoms with Gasteiger partial charge in [0.25, 0.3) is 0 Å². The highest BCUT2D eigenvalue weighted by Gasteiger charge is 2.21. The number of aryl methyl sites for hydroxylation is 1. The molecule has 3 nitrogen and oxygen atoms in total. The molecule has 1 atom stereocenters. The van der Waals surface area contributed by atoms with E-state index in [1.165, 1.54) is 25.7 Å². The van der Waals surface area contributed by atoms with Gasteiger partial charge in [0.05, 0.1) is 11.9 Å². The van der Waals surface area contributed by atoms with Crippen LogP contribution in [0.4, 0.5) is 11.5 Å². The molecule has 3 heteroatoms. The fraction of sp³-hybridized carbons (Fsp3) is 0.615. The van der Waals surface area contributed by atoms with Crippen molar-refractivity contribution in [3.63, 3.8) is 0 Å². The van der Waals surface area contributed by atoms with Gasteiger partial charge in [-0.3, -0.25) is 0 Å². The van der Waals surface area contributed by atoms with Gasteiger partial charge in [0, 0.05) is 6.04 Å². The van der Waals surface area contributed by atoms with Gasteiger partial charge < -0.3 is 11.1 Å². The summed E-state index contributed by atoms with van der Waals surface area (Å²) in [5, 5.41) is 3.49. The van der Waals surface area contributed by atoms with Crippen molar-refractivity contribution in [2.45, 2.75) is 45.6 Å². The Balaban J connectivity index is 1.99. The zero-order valence-corrected chi connectivity index (χ0v) is 10.2. The molecule has 1 fully saturated rings. The van der Waals surface area contributed by atoms with Crippen LogP contribution in [0.5, 0.6) is 0 Å². The van der Waals surface area contributed by atoms with E-state index < -0.39 is 0 Å². The van der Waals surface area contributed by atoms with E-state index in [9.17, 15) is 0 Å². The van der Waals surface area contributed by atoms with Crippen molar-refractivity contribution in [1.82, 2.24) is 4.98 Å². The zero-order valence-electron chi connectivity index (χ0n) is 10.2. The van der Waals surface area contributed by atoms with Crippen LogP contribution >= 0.6 is 0 Å². The lowest BCUT2D eigenvalue weighted by molar-refractivity contribution is 0.481. The number of nitrogens with zero attached hydrogens (tertiary/aromatic N) is 1. The third kappa shape index (κ3) is 2.46. The van der Waals surface area contributed by atoms with Crippen LogP contribution in [0.1, 0.15) is 38.2 Å². The lowest BCUT2D eigenvalue weighted by Crippen LogP contribution is -2.24. The van der Waals surface area contributed by atoms with Crippen molar-refractivity contribution < 1.29 is 0 Å². The minimum absolute atomic E-state index is 0.512. The molecule has 0 aliphatic heterocycles. The molecular formula is C13H21N3.